The first-order chi connectivity index (χ1) is 13.7. The maximum atomic E-state index is 9.27. The highest BCUT2D eigenvalue weighted by Gasteiger charge is 2.16. The summed E-state index contributed by atoms with van der Waals surface area (Å²) in [5.74, 6) is 1.07. The predicted octanol–water partition coefficient (Wildman–Crippen LogP) is 3.73. The minimum absolute atomic E-state index is 0.326. The second-order valence-electron chi connectivity index (χ2n) is 5.99. The molecule has 0 spiro atoms. The van der Waals surface area contributed by atoms with Crippen molar-refractivity contribution in [3.8, 4) is 39.5 Å². The summed E-state index contributed by atoms with van der Waals surface area (Å²) in [7, 11) is 1.81. The Morgan fingerprint density at radius 1 is 1.14 bits per heavy atom. The van der Waals surface area contributed by atoms with Gasteiger partial charge in [0.15, 0.2) is 5.01 Å². The third kappa shape index (κ3) is 3.49. The Morgan fingerprint density at radius 3 is 2.68 bits per heavy atom. The molecule has 2 heterocycles. The topological polar surface area (TPSA) is 103 Å². The van der Waals surface area contributed by atoms with Crippen molar-refractivity contribution in [2.45, 2.75) is 6.54 Å². The largest absolute Gasteiger partial charge is 0.439 e. The monoisotopic (exact) mass is 388 g/mol. The minimum atomic E-state index is 0.326. The van der Waals surface area contributed by atoms with Gasteiger partial charge in [0.25, 0.3) is 0 Å². The Labute approximate surface area is 165 Å². The van der Waals surface area contributed by atoms with E-state index in [2.05, 4.69) is 21.4 Å². The maximum Gasteiger partial charge on any atom is 0.218 e. The number of rotatable bonds is 5. The van der Waals surface area contributed by atoms with Gasteiger partial charge in [0.1, 0.15) is 10.8 Å². The van der Waals surface area contributed by atoms with Crippen LogP contribution in [0.1, 0.15) is 10.6 Å². The van der Waals surface area contributed by atoms with Crippen molar-refractivity contribution in [2.24, 2.45) is 12.8 Å². The molecule has 0 radical (unpaired) electrons. The van der Waals surface area contributed by atoms with Crippen molar-refractivity contribution in [2.75, 3.05) is 0 Å². The molecule has 2 N–H and O–H groups in total. The zero-order chi connectivity index (χ0) is 19.5. The van der Waals surface area contributed by atoms with Gasteiger partial charge < -0.3 is 10.5 Å². The Kier molecular flexibility index (Phi) is 4.85. The average molecular weight is 388 g/mol. The summed E-state index contributed by atoms with van der Waals surface area (Å²) in [4.78, 5) is 0. The van der Waals surface area contributed by atoms with Gasteiger partial charge in [-0.25, -0.2) is 4.68 Å². The van der Waals surface area contributed by atoms with Crippen molar-refractivity contribution in [1.82, 2.24) is 20.0 Å². The minimum Gasteiger partial charge on any atom is -0.439 e. The van der Waals surface area contributed by atoms with Gasteiger partial charge in [0, 0.05) is 25.2 Å². The highest BCUT2D eigenvalue weighted by Crippen LogP contribution is 2.36. The molecule has 0 amide bonds. The molecular formula is C20H16N6OS. The van der Waals surface area contributed by atoms with E-state index in [9.17, 15) is 5.26 Å². The SMILES string of the molecule is Cn1nc(-c2ccccc2)cc1Oc1cc(C#N)ccc1-c1nnc(CN)s1. The van der Waals surface area contributed by atoms with E-state index >= 15 is 0 Å². The van der Waals surface area contributed by atoms with Gasteiger partial charge in [-0.3, -0.25) is 0 Å². The van der Waals surface area contributed by atoms with Gasteiger partial charge in [-0.15, -0.1) is 10.2 Å². The summed E-state index contributed by atoms with van der Waals surface area (Å²) in [6, 6.07) is 19.1. The molecule has 2 aromatic carbocycles. The molecule has 0 aliphatic heterocycles. The van der Waals surface area contributed by atoms with Crippen LogP contribution < -0.4 is 10.5 Å². The molecule has 8 heteroatoms. The molecule has 28 heavy (non-hydrogen) atoms. The first-order valence-corrected chi connectivity index (χ1v) is 9.34. The van der Waals surface area contributed by atoms with Gasteiger partial charge in [-0.05, 0) is 18.2 Å². The lowest BCUT2D eigenvalue weighted by Crippen LogP contribution is -1.97. The number of nitrogens with two attached hydrogens (primary N) is 1. The van der Waals surface area contributed by atoms with Gasteiger partial charge in [-0.1, -0.05) is 41.7 Å². The summed E-state index contributed by atoms with van der Waals surface area (Å²) in [6.07, 6.45) is 0. The Morgan fingerprint density at radius 2 is 1.96 bits per heavy atom. The van der Waals surface area contributed by atoms with E-state index in [1.54, 1.807) is 16.8 Å². The zero-order valence-corrected chi connectivity index (χ0v) is 15.8. The van der Waals surface area contributed by atoms with Crippen LogP contribution in [0.2, 0.25) is 0 Å². The van der Waals surface area contributed by atoms with Gasteiger partial charge >= 0.3 is 0 Å². The Balaban J connectivity index is 1.73. The molecule has 0 atom stereocenters. The van der Waals surface area contributed by atoms with Crippen LogP contribution in [0.5, 0.6) is 11.6 Å². The van der Waals surface area contributed by atoms with Crippen LogP contribution in [0.15, 0.2) is 54.6 Å². The second kappa shape index (κ2) is 7.60. The highest BCUT2D eigenvalue weighted by atomic mass is 32.1. The van der Waals surface area contributed by atoms with E-state index in [0.717, 1.165) is 21.8 Å². The van der Waals surface area contributed by atoms with Crippen molar-refractivity contribution < 1.29 is 4.74 Å². The first-order valence-electron chi connectivity index (χ1n) is 8.52. The van der Waals surface area contributed by atoms with Crippen LogP contribution in [0.3, 0.4) is 0 Å². The molecule has 0 aliphatic carbocycles. The zero-order valence-electron chi connectivity index (χ0n) is 15.0. The van der Waals surface area contributed by atoms with Crippen LogP contribution in [-0.2, 0) is 13.6 Å². The third-order valence-electron chi connectivity index (χ3n) is 4.10. The van der Waals surface area contributed by atoms with Gasteiger partial charge in [0.2, 0.25) is 5.88 Å². The van der Waals surface area contributed by atoms with E-state index in [0.29, 0.717) is 28.7 Å². The molecule has 138 valence electrons. The summed E-state index contributed by atoms with van der Waals surface area (Å²) in [6.45, 7) is 0.326. The molecule has 4 rings (SSSR count). The number of hydrogen-bond donors (Lipinski definition) is 1. The summed E-state index contributed by atoms with van der Waals surface area (Å²) < 4.78 is 7.80. The van der Waals surface area contributed by atoms with Crippen LogP contribution in [0, 0.1) is 11.3 Å². The fourth-order valence-corrected chi connectivity index (χ4v) is 3.45. The molecule has 0 bridgehead atoms. The molecule has 4 aromatic rings. The average Bonchev–Trinajstić information content (AvgIpc) is 3.35. The van der Waals surface area contributed by atoms with E-state index in [4.69, 9.17) is 10.5 Å². The molecule has 0 saturated heterocycles. The normalized spacial score (nSPS) is 10.6. The fourth-order valence-electron chi connectivity index (χ4n) is 2.71. The maximum absolute atomic E-state index is 9.27. The summed E-state index contributed by atoms with van der Waals surface area (Å²) >= 11 is 1.40. The molecule has 7 nitrogen and oxygen atoms in total. The van der Waals surface area contributed by atoms with E-state index in [-0.39, 0.29) is 0 Å². The van der Waals surface area contributed by atoms with E-state index in [1.807, 2.05) is 49.5 Å². The van der Waals surface area contributed by atoms with Crippen LogP contribution in [0.25, 0.3) is 21.8 Å². The quantitative estimate of drug-likeness (QED) is 0.559. The number of nitrogens with zero attached hydrogens (tertiary/aromatic N) is 5. The first kappa shape index (κ1) is 17.9. The lowest BCUT2D eigenvalue weighted by molar-refractivity contribution is 0.432. The number of aromatic nitrogens is 4. The molecule has 0 fully saturated rings. The number of hydrogen-bond acceptors (Lipinski definition) is 7. The smallest absolute Gasteiger partial charge is 0.218 e. The van der Waals surface area contributed by atoms with Gasteiger partial charge in [0.05, 0.1) is 22.9 Å². The standard InChI is InChI=1S/C20H16N6OS/c1-26-19(10-16(25-26)14-5-3-2-4-6-14)27-17-9-13(11-21)7-8-15(17)20-24-23-18(12-22)28-20/h2-10H,12,22H2,1H3. The number of aryl methyl sites for hydroxylation is 1. The molecule has 2 aromatic heterocycles. The predicted molar refractivity (Wildman–Crippen MR) is 107 cm³/mol. The lowest BCUT2D eigenvalue weighted by Gasteiger charge is -2.09. The molecule has 0 unspecified atom stereocenters. The third-order valence-corrected chi connectivity index (χ3v) is 5.08. The number of ether oxygens (including phenoxy) is 1. The van der Waals surface area contributed by atoms with E-state index < -0.39 is 0 Å². The fraction of sp³-hybridized carbons (Fsp3) is 0.100. The Bertz CT molecular complexity index is 1160. The lowest BCUT2D eigenvalue weighted by atomic mass is 10.1. The number of benzene rings is 2. The van der Waals surface area contributed by atoms with Crippen LogP contribution >= 0.6 is 11.3 Å². The van der Waals surface area contributed by atoms with E-state index in [1.165, 1.54) is 11.3 Å². The van der Waals surface area contributed by atoms with Gasteiger partial charge in [-0.2, -0.15) is 10.4 Å². The summed E-state index contributed by atoms with van der Waals surface area (Å²) in [5.41, 5.74) is 8.69. The molecule has 0 saturated carbocycles. The molecular weight excluding hydrogens is 372 g/mol. The van der Waals surface area contributed by atoms with Crippen molar-refractivity contribution in [1.29, 1.82) is 5.26 Å². The van der Waals surface area contributed by atoms with Crippen molar-refractivity contribution in [3.05, 3.63) is 65.2 Å². The van der Waals surface area contributed by atoms with Crippen LogP contribution in [-0.4, -0.2) is 20.0 Å². The second-order valence-corrected chi connectivity index (χ2v) is 7.05. The highest BCUT2D eigenvalue weighted by molar-refractivity contribution is 7.14. The van der Waals surface area contributed by atoms with Crippen LogP contribution in [0.4, 0.5) is 0 Å². The Hall–Kier alpha value is -3.54. The molecule has 0 aliphatic rings. The van der Waals surface area contributed by atoms with Crippen molar-refractivity contribution in [3.63, 3.8) is 0 Å². The summed E-state index contributed by atoms with van der Waals surface area (Å²) in [5, 5.41) is 23.5. The number of nitriles is 1. The van der Waals surface area contributed by atoms with Crippen molar-refractivity contribution >= 4 is 11.3 Å².